The zero-order valence-electron chi connectivity index (χ0n) is 22.9. The van der Waals surface area contributed by atoms with E-state index in [1.165, 1.54) is 22.5 Å². The summed E-state index contributed by atoms with van der Waals surface area (Å²) in [5, 5.41) is 0. The Hall–Kier alpha value is -4.20. The molecule has 0 saturated carbocycles. The first-order valence-corrected chi connectivity index (χ1v) is 15.4. The number of nitrogens with zero attached hydrogens (tertiary/aromatic N) is 2. The third-order valence-corrected chi connectivity index (χ3v) is 9.27. The lowest BCUT2D eigenvalue weighted by Crippen LogP contribution is -2.38. The average Bonchev–Trinajstić information content (AvgIpc) is 3.33. The molecular formula is C35H27BrN2O3S. The first kappa shape index (κ1) is 26.7. The van der Waals surface area contributed by atoms with Gasteiger partial charge in [-0.3, -0.25) is 9.36 Å². The van der Waals surface area contributed by atoms with Gasteiger partial charge in [-0.05, 0) is 83.1 Å². The largest absolute Gasteiger partial charge is 0.497 e. The van der Waals surface area contributed by atoms with Crippen molar-refractivity contribution in [3.8, 4) is 11.5 Å². The van der Waals surface area contributed by atoms with Crippen molar-refractivity contribution in [2.45, 2.75) is 25.5 Å². The summed E-state index contributed by atoms with van der Waals surface area (Å²) in [4.78, 5) is 19.9. The third-order valence-electron chi connectivity index (χ3n) is 7.76. The van der Waals surface area contributed by atoms with Crippen LogP contribution in [-0.2, 0) is 13.0 Å². The highest BCUT2D eigenvalue weighted by Crippen LogP contribution is 2.41. The minimum atomic E-state index is -0.248. The summed E-state index contributed by atoms with van der Waals surface area (Å²) in [5.74, 6) is 1.52. The van der Waals surface area contributed by atoms with E-state index >= 15 is 0 Å². The van der Waals surface area contributed by atoms with Gasteiger partial charge in [0, 0.05) is 10.0 Å². The Labute approximate surface area is 255 Å². The molecule has 5 nitrogen and oxygen atoms in total. The summed E-state index contributed by atoms with van der Waals surface area (Å²) >= 11 is 4.90. The van der Waals surface area contributed by atoms with E-state index in [1.54, 1.807) is 7.11 Å². The molecule has 7 rings (SSSR count). The summed E-state index contributed by atoms with van der Waals surface area (Å²) in [6, 6.07) is 32.2. The topological polar surface area (TPSA) is 52.8 Å². The second-order valence-corrected chi connectivity index (χ2v) is 12.3. The lowest BCUT2D eigenvalue weighted by atomic mass is 9.83. The fourth-order valence-corrected chi connectivity index (χ4v) is 6.99. The summed E-state index contributed by atoms with van der Waals surface area (Å²) in [7, 11) is 1.67. The van der Waals surface area contributed by atoms with Gasteiger partial charge in [0.1, 0.15) is 18.1 Å². The highest BCUT2D eigenvalue weighted by Gasteiger charge is 2.32. The Kier molecular flexibility index (Phi) is 7.14. The maximum Gasteiger partial charge on any atom is 0.271 e. The highest BCUT2D eigenvalue weighted by atomic mass is 79.9. The van der Waals surface area contributed by atoms with Crippen LogP contribution >= 0.6 is 27.3 Å². The fourth-order valence-electron chi connectivity index (χ4n) is 5.73. The predicted molar refractivity (Wildman–Crippen MR) is 171 cm³/mol. The second kappa shape index (κ2) is 11.2. The van der Waals surface area contributed by atoms with E-state index in [0.717, 1.165) is 56.8 Å². The maximum atomic E-state index is 14.1. The van der Waals surface area contributed by atoms with Crippen LogP contribution in [-0.4, -0.2) is 11.7 Å². The summed E-state index contributed by atoms with van der Waals surface area (Å²) in [6.07, 6.45) is 3.71. The molecule has 1 aromatic heterocycles. The molecule has 7 heteroatoms. The normalized spacial score (nSPS) is 15.9. The molecule has 0 radical (unpaired) electrons. The molecule has 208 valence electrons. The zero-order chi connectivity index (χ0) is 28.6. The summed E-state index contributed by atoms with van der Waals surface area (Å²) in [5.41, 5.74) is 7.57. The van der Waals surface area contributed by atoms with Crippen molar-refractivity contribution in [3.05, 3.63) is 155 Å². The number of fused-ring (bicyclic) bond motifs is 3. The van der Waals surface area contributed by atoms with Crippen molar-refractivity contribution in [1.82, 2.24) is 4.57 Å². The number of aromatic nitrogens is 1. The van der Waals surface area contributed by atoms with Gasteiger partial charge in [-0.15, -0.1) is 0 Å². The van der Waals surface area contributed by atoms with E-state index in [1.807, 2.05) is 77.4 Å². The number of hydrogen-bond donors (Lipinski definition) is 0. The maximum absolute atomic E-state index is 14.1. The van der Waals surface area contributed by atoms with E-state index in [-0.39, 0.29) is 11.6 Å². The van der Waals surface area contributed by atoms with Crippen LogP contribution in [0.1, 0.15) is 40.3 Å². The van der Waals surface area contributed by atoms with Gasteiger partial charge in [0.15, 0.2) is 4.80 Å². The van der Waals surface area contributed by atoms with Gasteiger partial charge < -0.3 is 9.47 Å². The number of allylic oxidation sites excluding steroid dienone is 1. The summed E-state index contributed by atoms with van der Waals surface area (Å²) < 4.78 is 15.2. The van der Waals surface area contributed by atoms with Crippen molar-refractivity contribution >= 4 is 39.0 Å². The summed E-state index contributed by atoms with van der Waals surface area (Å²) in [6.45, 7) is 0.465. The molecule has 0 saturated heterocycles. The number of methoxy groups -OCH3 is 1. The number of aryl methyl sites for hydroxylation is 1. The Balaban J connectivity index is 1.31. The molecule has 0 spiro atoms. The quantitative estimate of drug-likeness (QED) is 0.210. The Morgan fingerprint density at radius 2 is 1.76 bits per heavy atom. The molecule has 1 aliphatic heterocycles. The van der Waals surface area contributed by atoms with E-state index < -0.39 is 0 Å². The third kappa shape index (κ3) is 5.03. The van der Waals surface area contributed by atoms with Crippen LogP contribution in [0.5, 0.6) is 11.5 Å². The number of rotatable bonds is 6. The van der Waals surface area contributed by atoms with Gasteiger partial charge in [-0.1, -0.05) is 87.9 Å². The van der Waals surface area contributed by atoms with Gasteiger partial charge in [-0.2, -0.15) is 0 Å². The van der Waals surface area contributed by atoms with Crippen LogP contribution in [0.3, 0.4) is 0 Å². The van der Waals surface area contributed by atoms with Crippen LogP contribution < -0.4 is 24.4 Å². The molecule has 1 unspecified atom stereocenters. The van der Waals surface area contributed by atoms with Crippen molar-refractivity contribution in [2.75, 3.05) is 7.11 Å². The van der Waals surface area contributed by atoms with Gasteiger partial charge in [-0.25, -0.2) is 4.99 Å². The van der Waals surface area contributed by atoms with E-state index in [0.29, 0.717) is 15.9 Å². The van der Waals surface area contributed by atoms with Crippen molar-refractivity contribution in [1.29, 1.82) is 0 Å². The molecule has 1 atom stereocenters. The molecule has 42 heavy (non-hydrogen) atoms. The van der Waals surface area contributed by atoms with Gasteiger partial charge in [0.25, 0.3) is 5.56 Å². The smallest absolute Gasteiger partial charge is 0.271 e. The van der Waals surface area contributed by atoms with Crippen LogP contribution in [0.4, 0.5) is 0 Å². The Morgan fingerprint density at radius 3 is 2.62 bits per heavy atom. The van der Waals surface area contributed by atoms with Gasteiger partial charge >= 0.3 is 0 Å². The SMILES string of the molecule is COc1cccc(C2C3=C(N=c4sc(=Cc5cccc(OCc6ccc(Br)cc6)c5)c(=O)n42)c2ccccc2CC3)c1. The van der Waals surface area contributed by atoms with Crippen LogP contribution in [0.15, 0.2) is 117 Å². The molecule has 1 aliphatic carbocycles. The lowest BCUT2D eigenvalue weighted by Gasteiger charge is -2.31. The first-order valence-electron chi connectivity index (χ1n) is 13.8. The molecule has 0 amide bonds. The molecule has 2 heterocycles. The molecule has 0 N–H and O–H groups in total. The van der Waals surface area contributed by atoms with E-state index in [4.69, 9.17) is 14.5 Å². The monoisotopic (exact) mass is 634 g/mol. The zero-order valence-corrected chi connectivity index (χ0v) is 25.3. The predicted octanol–water partition coefficient (Wildman–Crippen LogP) is 6.67. The molecular weight excluding hydrogens is 608 g/mol. The second-order valence-electron chi connectivity index (χ2n) is 10.4. The minimum absolute atomic E-state index is 0.0434. The molecule has 0 fully saturated rings. The van der Waals surface area contributed by atoms with E-state index in [2.05, 4.69) is 46.3 Å². The number of hydrogen-bond acceptors (Lipinski definition) is 5. The van der Waals surface area contributed by atoms with Crippen LogP contribution in [0.25, 0.3) is 11.8 Å². The van der Waals surface area contributed by atoms with Crippen molar-refractivity contribution in [2.24, 2.45) is 4.99 Å². The number of benzene rings is 4. The van der Waals surface area contributed by atoms with Crippen LogP contribution in [0, 0.1) is 0 Å². The Morgan fingerprint density at radius 1 is 0.952 bits per heavy atom. The van der Waals surface area contributed by atoms with Crippen LogP contribution in [0.2, 0.25) is 0 Å². The molecule has 0 bridgehead atoms. The highest BCUT2D eigenvalue weighted by molar-refractivity contribution is 9.10. The number of halogens is 1. The lowest BCUT2D eigenvalue weighted by molar-refractivity contribution is 0.306. The molecule has 5 aromatic rings. The number of ether oxygens (including phenoxy) is 2. The van der Waals surface area contributed by atoms with Gasteiger partial charge in [0.2, 0.25) is 0 Å². The Bertz CT molecular complexity index is 2020. The number of thiazole rings is 1. The minimum Gasteiger partial charge on any atom is -0.497 e. The van der Waals surface area contributed by atoms with Gasteiger partial charge in [0.05, 0.1) is 23.4 Å². The van der Waals surface area contributed by atoms with Crippen molar-refractivity contribution < 1.29 is 9.47 Å². The first-order chi connectivity index (χ1) is 20.6. The molecule has 4 aromatic carbocycles. The average molecular weight is 636 g/mol. The van der Waals surface area contributed by atoms with Crippen molar-refractivity contribution in [3.63, 3.8) is 0 Å². The standard InChI is InChI=1S/C35H27BrN2O3S/c1-40-27-9-5-8-25(20-27)33-30-17-14-24-7-2-3-11-29(24)32(30)37-35-38(33)34(39)31(42-35)19-23-6-4-10-28(18-23)41-21-22-12-15-26(36)16-13-22/h2-13,15-16,18-20,33H,14,17,21H2,1H3. The van der Waals surface area contributed by atoms with E-state index in [9.17, 15) is 4.79 Å². The fraction of sp³-hybridized carbons (Fsp3) is 0.143. The molecule has 2 aliphatic rings.